The number of thioether (sulfide) groups is 1. The van der Waals surface area contributed by atoms with E-state index in [1.165, 1.54) is 4.88 Å². The summed E-state index contributed by atoms with van der Waals surface area (Å²) in [7, 11) is 1.92. The number of aromatic nitrogens is 2. The fourth-order valence-corrected chi connectivity index (χ4v) is 3.73. The number of carbonyl (C=O) groups excluding carboxylic acids is 1. The van der Waals surface area contributed by atoms with E-state index < -0.39 is 0 Å². The first kappa shape index (κ1) is 15.8. The van der Waals surface area contributed by atoms with Gasteiger partial charge in [-0.2, -0.15) is 5.10 Å². The predicted molar refractivity (Wildman–Crippen MR) is 95.9 cm³/mol. The number of benzene rings is 1. The minimum Gasteiger partial charge on any atom is -0.346 e. The molecule has 6 heteroatoms. The second-order valence-electron chi connectivity index (χ2n) is 5.00. The lowest BCUT2D eigenvalue weighted by molar-refractivity contribution is 0.0947. The van der Waals surface area contributed by atoms with Gasteiger partial charge in [0, 0.05) is 11.9 Å². The van der Waals surface area contributed by atoms with E-state index in [9.17, 15) is 4.79 Å². The maximum absolute atomic E-state index is 12.4. The third-order valence-electron chi connectivity index (χ3n) is 3.49. The van der Waals surface area contributed by atoms with Gasteiger partial charge in [0.05, 0.1) is 28.4 Å². The van der Waals surface area contributed by atoms with Gasteiger partial charge in [-0.1, -0.05) is 18.2 Å². The lowest BCUT2D eigenvalue weighted by Crippen LogP contribution is -2.23. The van der Waals surface area contributed by atoms with Crippen LogP contribution in [0.25, 0.3) is 10.6 Å². The van der Waals surface area contributed by atoms with Gasteiger partial charge in [-0.25, -0.2) is 0 Å². The van der Waals surface area contributed by atoms with Crippen LogP contribution in [-0.4, -0.2) is 21.9 Å². The maximum Gasteiger partial charge on any atom is 0.252 e. The van der Waals surface area contributed by atoms with Crippen molar-refractivity contribution in [2.75, 3.05) is 6.26 Å². The van der Waals surface area contributed by atoms with E-state index in [1.807, 2.05) is 59.8 Å². The second-order valence-corrected chi connectivity index (χ2v) is 6.80. The van der Waals surface area contributed by atoms with Gasteiger partial charge >= 0.3 is 0 Å². The number of thiophene rings is 1. The molecule has 0 aliphatic carbocycles. The Balaban J connectivity index is 1.71. The molecule has 0 unspecified atom stereocenters. The van der Waals surface area contributed by atoms with Gasteiger partial charge in [0.1, 0.15) is 0 Å². The standard InChI is InChI=1S/C17H17N3OS2/c1-20-14(16-8-5-9-23-16)10-12(19-20)11-18-17(21)13-6-3-4-7-15(13)22-2/h3-10H,11H2,1-2H3,(H,18,21). The molecular weight excluding hydrogens is 326 g/mol. The maximum atomic E-state index is 12.4. The third-order valence-corrected chi connectivity index (χ3v) is 5.17. The van der Waals surface area contributed by atoms with Crippen LogP contribution in [0, 0.1) is 0 Å². The normalized spacial score (nSPS) is 10.7. The first-order valence-electron chi connectivity index (χ1n) is 7.17. The highest BCUT2D eigenvalue weighted by molar-refractivity contribution is 7.98. The average Bonchev–Trinajstić information content (AvgIpc) is 3.21. The van der Waals surface area contributed by atoms with Crippen molar-refractivity contribution < 1.29 is 4.79 Å². The molecule has 1 N–H and O–H groups in total. The number of amides is 1. The van der Waals surface area contributed by atoms with E-state index in [-0.39, 0.29) is 5.91 Å². The molecule has 0 spiro atoms. The Bertz CT molecular complexity index is 809. The summed E-state index contributed by atoms with van der Waals surface area (Å²) in [4.78, 5) is 14.5. The van der Waals surface area contributed by atoms with Crippen LogP contribution in [0.5, 0.6) is 0 Å². The lowest BCUT2D eigenvalue weighted by atomic mass is 10.2. The van der Waals surface area contributed by atoms with E-state index in [1.54, 1.807) is 23.1 Å². The minimum atomic E-state index is -0.0710. The molecule has 1 amide bonds. The Morgan fingerprint density at radius 2 is 2.13 bits per heavy atom. The van der Waals surface area contributed by atoms with E-state index in [4.69, 9.17) is 0 Å². The van der Waals surface area contributed by atoms with Crippen LogP contribution >= 0.6 is 23.1 Å². The van der Waals surface area contributed by atoms with Gasteiger partial charge in [0.15, 0.2) is 0 Å². The van der Waals surface area contributed by atoms with Crippen molar-refractivity contribution in [3.63, 3.8) is 0 Å². The van der Waals surface area contributed by atoms with Crippen molar-refractivity contribution >= 4 is 29.0 Å². The molecule has 118 valence electrons. The van der Waals surface area contributed by atoms with Gasteiger partial charge in [-0.05, 0) is 35.9 Å². The van der Waals surface area contributed by atoms with E-state index in [2.05, 4.69) is 16.5 Å². The van der Waals surface area contributed by atoms with Crippen LogP contribution in [-0.2, 0) is 13.6 Å². The highest BCUT2D eigenvalue weighted by Crippen LogP contribution is 2.25. The Morgan fingerprint density at radius 1 is 1.30 bits per heavy atom. The largest absolute Gasteiger partial charge is 0.346 e. The summed E-state index contributed by atoms with van der Waals surface area (Å²) in [5.74, 6) is -0.0710. The van der Waals surface area contributed by atoms with Gasteiger partial charge in [-0.3, -0.25) is 9.48 Å². The van der Waals surface area contributed by atoms with E-state index >= 15 is 0 Å². The summed E-state index contributed by atoms with van der Waals surface area (Å²) in [6.07, 6.45) is 1.97. The van der Waals surface area contributed by atoms with Crippen LogP contribution in [0.3, 0.4) is 0 Å². The topological polar surface area (TPSA) is 46.9 Å². The number of rotatable bonds is 5. The predicted octanol–water partition coefficient (Wildman–Crippen LogP) is 3.80. The molecule has 0 fully saturated rings. The zero-order valence-corrected chi connectivity index (χ0v) is 14.6. The number of aryl methyl sites for hydroxylation is 1. The van der Waals surface area contributed by atoms with Crippen LogP contribution in [0.15, 0.2) is 52.7 Å². The molecule has 0 aliphatic rings. The summed E-state index contributed by atoms with van der Waals surface area (Å²) in [6, 6.07) is 13.7. The van der Waals surface area contributed by atoms with Crippen molar-refractivity contribution in [2.45, 2.75) is 11.4 Å². The molecule has 2 heterocycles. The number of hydrogen-bond acceptors (Lipinski definition) is 4. The molecule has 4 nitrogen and oxygen atoms in total. The quantitative estimate of drug-likeness (QED) is 0.717. The zero-order valence-electron chi connectivity index (χ0n) is 12.9. The zero-order chi connectivity index (χ0) is 16.2. The Hall–Kier alpha value is -2.05. The van der Waals surface area contributed by atoms with Gasteiger partial charge in [0.2, 0.25) is 0 Å². The molecule has 3 rings (SSSR count). The van der Waals surface area contributed by atoms with Crippen molar-refractivity contribution in [1.29, 1.82) is 0 Å². The van der Waals surface area contributed by atoms with Crippen molar-refractivity contribution in [1.82, 2.24) is 15.1 Å². The molecule has 0 aliphatic heterocycles. The fraction of sp³-hybridized carbons (Fsp3) is 0.176. The molecule has 0 saturated carbocycles. The van der Waals surface area contributed by atoms with E-state index in [0.29, 0.717) is 12.1 Å². The Labute approximate surface area is 143 Å². The van der Waals surface area contributed by atoms with Crippen LogP contribution < -0.4 is 5.32 Å². The second kappa shape index (κ2) is 7.02. The summed E-state index contributed by atoms with van der Waals surface area (Å²) in [5.41, 5.74) is 2.62. The van der Waals surface area contributed by atoms with Gasteiger partial charge in [0.25, 0.3) is 5.91 Å². The summed E-state index contributed by atoms with van der Waals surface area (Å²) in [6.45, 7) is 0.417. The first-order valence-corrected chi connectivity index (χ1v) is 9.27. The van der Waals surface area contributed by atoms with E-state index in [0.717, 1.165) is 16.3 Å². The molecule has 0 atom stereocenters. The third kappa shape index (κ3) is 3.48. The van der Waals surface area contributed by atoms with Crippen molar-refractivity contribution in [3.8, 4) is 10.6 Å². The number of nitrogens with one attached hydrogen (secondary N) is 1. The molecule has 2 aromatic heterocycles. The summed E-state index contributed by atoms with van der Waals surface area (Å²) in [5, 5.41) is 9.47. The molecule has 0 bridgehead atoms. The van der Waals surface area contributed by atoms with Crippen LogP contribution in [0.1, 0.15) is 16.1 Å². The first-order chi connectivity index (χ1) is 11.2. The molecular formula is C17H17N3OS2. The summed E-state index contributed by atoms with van der Waals surface area (Å²) >= 11 is 3.25. The van der Waals surface area contributed by atoms with Gasteiger partial charge in [-0.15, -0.1) is 23.1 Å². The molecule has 3 aromatic rings. The molecule has 23 heavy (non-hydrogen) atoms. The smallest absolute Gasteiger partial charge is 0.252 e. The average molecular weight is 343 g/mol. The molecule has 1 aromatic carbocycles. The highest BCUT2D eigenvalue weighted by atomic mass is 32.2. The van der Waals surface area contributed by atoms with Crippen molar-refractivity contribution in [2.24, 2.45) is 7.05 Å². The monoisotopic (exact) mass is 343 g/mol. The minimum absolute atomic E-state index is 0.0710. The van der Waals surface area contributed by atoms with Crippen LogP contribution in [0.4, 0.5) is 0 Å². The van der Waals surface area contributed by atoms with Gasteiger partial charge < -0.3 is 5.32 Å². The number of nitrogens with zero attached hydrogens (tertiary/aromatic N) is 2. The Kier molecular flexibility index (Phi) is 4.83. The lowest BCUT2D eigenvalue weighted by Gasteiger charge is -2.07. The number of hydrogen-bond donors (Lipinski definition) is 1. The van der Waals surface area contributed by atoms with Crippen molar-refractivity contribution in [3.05, 3.63) is 59.1 Å². The Morgan fingerprint density at radius 3 is 2.87 bits per heavy atom. The number of carbonyl (C=O) groups is 1. The fourth-order valence-electron chi connectivity index (χ4n) is 2.37. The molecule has 0 radical (unpaired) electrons. The summed E-state index contributed by atoms with van der Waals surface area (Å²) < 4.78 is 1.85. The molecule has 0 saturated heterocycles. The van der Waals surface area contributed by atoms with Crippen LogP contribution in [0.2, 0.25) is 0 Å². The highest BCUT2D eigenvalue weighted by Gasteiger charge is 2.12. The SMILES string of the molecule is CSc1ccccc1C(=O)NCc1cc(-c2cccs2)n(C)n1.